The SMILES string of the molecule is CC(CN1CCCC1)NC(=O)C(CN)Cc1ccccc1. The van der Waals surface area contributed by atoms with Gasteiger partial charge in [-0.1, -0.05) is 30.3 Å². The van der Waals surface area contributed by atoms with E-state index in [9.17, 15) is 4.79 Å². The molecule has 2 atom stereocenters. The Morgan fingerprint density at radius 3 is 2.57 bits per heavy atom. The number of rotatable bonds is 7. The second-order valence-corrected chi connectivity index (χ2v) is 6.04. The summed E-state index contributed by atoms with van der Waals surface area (Å²) in [7, 11) is 0. The number of nitrogens with one attached hydrogen (secondary N) is 1. The predicted molar refractivity (Wildman–Crippen MR) is 86.0 cm³/mol. The molecule has 0 spiro atoms. The zero-order valence-electron chi connectivity index (χ0n) is 12.9. The van der Waals surface area contributed by atoms with Crippen molar-refractivity contribution in [1.82, 2.24) is 10.2 Å². The van der Waals surface area contributed by atoms with E-state index in [-0.39, 0.29) is 17.9 Å². The van der Waals surface area contributed by atoms with E-state index in [4.69, 9.17) is 5.73 Å². The molecule has 1 aliphatic rings. The summed E-state index contributed by atoms with van der Waals surface area (Å²) < 4.78 is 0. The fraction of sp³-hybridized carbons (Fsp3) is 0.588. The Balaban J connectivity index is 1.81. The van der Waals surface area contributed by atoms with Crippen molar-refractivity contribution in [2.24, 2.45) is 11.7 Å². The number of carbonyl (C=O) groups excluding carboxylic acids is 1. The first kappa shape index (κ1) is 16.0. The molecule has 1 aliphatic heterocycles. The van der Waals surface area contributed by atoms with Gasteiger partial charge in [-0.15, -0.1) is 0 Å². The highest BCUT2D eigenvalue weighted by Crippen LogP contribution is 2.10. The minimum atomic E-state index is -0.145. The van der Waals surface area contributed by atoms with Gasteiger partial charge >= 0.3 is 0 Å². The zero-order chi connectivity index (χ0) is 15.1. The van der Waals surface area contributed by atoms with E-state index in [0.717, 1.165) is 25.2 Å². The summed E-state index contributed by atoms with van der Waals surface area (Å²) in [6, 6.07) is 10.3. The van der Waals surface area contributed by atoms with Gasteiger partial charge in [-0.05, 0) is 44.8 Å². The molecule has 1 amide bonds. The average Bonchev–Trinajstić information content (AvgIpc) is 2.98. The van der Waals surface area contributed by atoms with Gasteiger partial charge in [-0.25, -0.2) is 0 Å². The highest BCUT2D eigenvalue weighted by Gasteiger charge is 2.21. The van der Waals surface area contributed by atoms with Gasteiger partial charge in [0.1, 0.15) is 0 Å². The topological polar surface area (TPSA) is 58.4 Å². The van der Waals surface area contributed by atoms with Crippen LogP contribution < -0.4 is 11.1 Å². The van der Waals surface area contributed by atoms with Crippen LogP contribution in [0.1, 0.15) is 25.3 Å². The molecule has 4 nitrogen and oxygen atoms in total. The molecule has 21 heavy (non-hydrogen) atoms. The second-order valence-electron chi connectivity index (χ2n) is 6.04. The maximum Gasteiger partial charge on any atom is 0.224 e. The van der Waals surface area contributed by atoms with Crippen LogP contribution in [0.15, 0.2) is 30.3 Å². The van der Waals surface area contributed by atoms with E-state index in [2.05, 4.69) is 17.1 Å². The van der Waals surface area contributed by atoms with E-state index in [1.165, 1.54) is 12.8 Å². The number of hydrogen-bond acceptors (Lipinski definition) is 3. The lowest BCUT2D eigenvalue weighted by molar-refractivity contribution is -0.125. The first-order chi connectivity index (χ1) is 10.2. The van der Waals surface area contributed by atoms with Crippen LogP contribution in [0.25, 0.3) is 0 Å². The van der Waals surface area contributed by atoms with Crippen LogP contribution in [0, 0.1) is 5.92 Å². The minimum Gasteiger partial charge on any atom is -0.352 e. The Morgan fingerprint density at radius 2 is 1.95 bits per heavy atom. The maximum absolute atomic E-state index is 12.4. The lowest BCUT2D eigenvalue weighted by Gasteiger charge is -2.23. The molecule has 0 bridgehead atoms. The summed E-state index contributed by atoms with van der Waals surface area (Å²) in [6.45, 7) is 5.72. The van der Waals surface area contributed by atoms with Crippen molar-refractivity contribution in [2.75, 3.05) is 26.2 Å². The van der Waals surface area contributed by atoms with E-state index in [1.807, 2.05) is 30.3 Å². The molecule has 0 aliphatic carbocycles. The molecule has 1 heterocycles. The van der Waals surface area contributed by atoms with E-state index < -0.39 is 0 Å². The van der Waals surface area contributed by atoms with E-state index in [1.54, 1.807) is 0 Å². The van der Waals surface area contributed by atoms with Crippen molar-refractivity contribution in [3.63, 3.8) is 0 Å². The summed E-state index contributed by atoms with van der Waals surface area (Å²) in [6.07, 6.45) is 3.26. The van der Waals surface area contributed by atoms with Crippen molar-refractivity contribution in [3.8, 4) is 0 Å². The van der Waals surface area contributed by atoms with Crippen molar-refractivity contribution in [2.45, 2.75) is 32.2 Å². The number of hydrogen-bond donors (Lipinski definition) is 2. The fourth-order valence-corrected chi connectivity index (χ4v) is 2.94. The second kappa shape index (κ2) is 8.15. The number of carbonyl (C=O) groups is 1. The first-order valence-electron chi connectivity index (χ1n) is 7.95. The van der Waals surface area contributed by atoms with Gasteiger partial charge in [0.25, 0.3) is 0 Å². The van der Waals surface area contributed by atoms with Crippen LogP contribution in [0.5, 0.6) is 0 Å². The molecule has 1 saturated heterocycles. The molecule has 1 aromatic rings. The number of amides is 1. The van der Waals surface area contributed by atoms with Gasteiger partial charge in [0.05, 0.1) is 5.92 Å². The van der Waals surface area contributed by atoms with Gasteiger partial charge in [-0.2, -0.15) is 0 Å². The van der Waals surface area contributed by atoms with Crippen molar-refractivity contribution in [3.05, 3.63) is 35.9 Å². The Hall–Kier alpha value is -1.39. The predicted octanol–water partition coefficient (Wildman–Crippen LogP) is 1.40. The minimum absolute atomic E-state index is 0.0769. The molecule has 0 radical (unpaired) electrons. The van der Waals surface area contributed by atoms with E-state index >= 15 is 0 Å². The van der Waals surface area contributed by atoms with Gasteiger partial charge < -0.3 is 16.0 Å². The third kappa shape index (κ3) is 5.14. The molecule has 0 aromatic heterocycles. The lowest BCUT2D eigenvalue weighted by Crippen LogP contribution is -2.45. The van der Waals surface area contributed by atoms with Crippen LogP contribution in [-0.4, -0.2) is 43.0 Å². The molecule has 2 rings (SSSR count). The molecule has 1 aromatic carbocycles. The molecule has 116 valence electrons. The van der Waals surface area contributed by atoms with Crippen LogP contribution >= 0.6 is 0 Å². The smallest absolute Gasteiger partial charge is 0.224 e. The number of nitrogens with zero attached hydrogens (tertiary/aromatic N) is 1. The summed E-state index contributed by atoms with van der Waals surface area (Å²) >= 11 is 0. The lowest BCUT2D eigenvalue weighted by atomic mass is 9.98. The molecule has 3 N–H and O–H groups in total. The third-order valence-electron chi connectivity index (χ3n) is 4.10. The van der Waals surface area contributed by atoms with Crippen LogP contribution in [-0.2, 0) is 11.2 Å². The largest absolute Gasteiger partial charge is 0.352 e. The molecule has 2 unspecified atom stereocenters. The van der Waals surface area contributed by atoms with Gasteiger partial charge in [0.15, 0.2) is 0 Å². The molecule has 4 heteroatoms. The Morgan fingerprint density at radius 1 is 1.29 bits per heavy atom. The number of nitrogens with two attached hydrogens (primary N) is 1. The van der Waals surface area contributed by atoms with Crippen molar-refractivity contribution in [1.29, 1.82) is 0 Å². The van der Waals surface area contributed by atoms with Crippen LogP contribution in [0.4, 0.5) is 0 Å². The van der Waals surface area contributed by atoms with Crippen molar-refractivity contribution >= 4 is 5.91 Å². The normalized spacial score (nSPS) is 18.4. The molecular weight excluding hydrogens is 262 g/mol. The molecule has 0 saturated carbocycles. The van der Waals surface area contributed by atoms with E-state index in [0.29, 0.717) is 13.0 Å². The molecule has 1 fully saturated rings. The number of likely N-dealkylation sites (tertiary alicyclic amines) is 1. The Bertz CT molecular complexity index is 429. The zero-order valence-corrected chi connectivity index (χ0v) is 12.9. The van der Waals surface area contributed by atoms with Crippen LogP contribution in [0.3, 0.4) is 0 Å². The summed E-state index contributed by atoms with van der Waals surface area (Å²) in [5, 5.41) is 3.12. The van der Waals surface area contributed by atoms with Gasteiger partial charge in [0, 0.05) is 19.1 Å². The first-order valence-corrected chi connectivity index (χ1v) is 7.95. The average molecular weight is 289 g/mol. The maximum atomic E-state index is 12.4. The highest BCUT2D eigenvalue weighted by molar-refractivity contribution is 5.79. The number of benzene rings is 1. The van der Waals surface area contributed by atoms with Gasteiger partial charge in [-0.3, -0.25) is 4.79 Å². The van der Waals surface area contributed by atoms with Gasteiger partial charge in [0.2, 0.25) is 5.91 Å². The summed E-state index contributed by atoms with van der Waals surface area (Å²) in [5.41, 5.74) is 6.95. The quantitative estimate of drug-likeness (QED) is 0.798. The Kier molecular flexibility index (Phi) is 6.21. The van der Waals surface area contributed by atoms with Crippen LogP contribution in [0.2, 0.25) is 0 Å². The fourth-order valence-electron chi connectivity index (χ4n) is 2.94. The third-order valence-corrected chi connectivity index (χ3v) is 4.10. The summed E-state index contributed by atoms with van der Waals surface area (Å²) in [4.78, 5) is 14.8. The van der Waals surface area contributed by atoms with Crippen molar-refractivity contribution < 1.29 is 4.79 Å². The monoisotopic (exact) mass is 289 g/mol. The summed E-state index contributed by atoms with van der Waals surface area (Å²) in [5.74, 6) is -0.0681. The molecular formula is C17H27N3O. The highest BCUT2D eigenvalue weighted by atomic mass is 16.1. The standard InChI is InChI=1S/C17H27N3O/c1-14(13-20-9-5-6-10-20)19-17(21)16(12-18)11-15-7-3-2-4-8-15/h2-4,7-8,14,16H,5-6,9-13,18H2,1H3,(H,19,21). The Labute approximate surface area is 127 Å².